The quantitative estimate of drug-likeness (QED) is 0.702. The maximum atomic E-state index is 11.2. The molecule has 0 N–H and O–H groups in total. The average molecular weight is 240 g/mol. The molecule has 0 spiro atoms. The first-order chi connectivity index (χ1) is 7.56. The van der Waals surface area contributed by atoms with Crippen molar-refractivity contribution in [2.24, 2.45) is 0 Å². The minimum atomic E-state index is 0.124. The lowest BCUT2D eigenvalue weighted by Crippen LogP contribution is -2.25. The van der Waals surface area contributed by atoms with Crippen LogP contribution < -0.4 is 0 Å². The van der Waals surface area contributed by atoms with Gasteiger partial charge in [-0.1, -0.05) is 11.6 Å². The molecule has 1 unspecified atom stereocenters. The van der Waals surface area contributed by atoms with E-state index >= 15 is 0 Å². The fourth-order valence-electron chi connectivity index (χ4n) is 2.05. The van der Waals surface area contributed by atoms with Gasteiger partial charge in [-0.3, -0.25) is 4.79 Å². The fraction of sp³-hybridized carbons (Fsp3) is 0.545. The van der Waals surface area contributed by atoms with Crippen molar-refractivity contribution >= 4 is 17.5 Å². The van der Waals surface area contributed by atoms with Crippen LogP contribution in [0, 0.1) is 6.92 Å². The lowest BCUT2D eigenvalue weighted by atomic mass is 10.1. The molecule has 4 nitrogen and oxygen atoms in total. The monoisotopic (exact) mass is 239 g/mol. The summed E-state index contributed by atoms with van der Waals surface area (Å²) in [6.45, 7) is 4.97. The molecule has 0 aliphatic carbocycles. The van der Waals surface area contributed by atoms with E-state index in [0.29, 0.717) is 16.9 Å². The number of amides is 1. The van der Waals surface area contributed by atoms with Gasteiger partial charge in [-0.2, -0.15) is 0 Å². The van der Waals surface area contributed by atoms with Crippen molar-refractivity contribution < 1.29 is 4.79 Å². The Morgan fingerprint density at radius 2 is 2.31 bits per heavy atom. The molecule has 1 aliphatic heterocycles. The molecule has 5 heteroatoms. The van der Waals surface area contributed by atoms with Crippen molar-refractivity contribution in [3.05, 3.63) is 22.7 Å². The average Bonchev–Trinajstić information content (AvgIpc) is 2.64. The Balaban J connectivity index is 2.17. The highest BCUT2D eigenvalue weighted by Crippen LogP contribution is 2.26. The third-order valence-electron chi connectivity index (χ3n) is 2.88. The van der Waals surface area contributed by atoms with Gasteiger partial charge in [0.2, 0.25) is 5.91 Å². The summed E-state index contributed by atoms with van der Waals surface area (Å²) in [5, 5.41) is 0.476. The van der Waals surface area contributed by atoms with E-state index in [1.807, 2.05) is 11.8 Å². The van der Waals surface area contributed by atoms with Gasteiger partial charge in [0, 0.05) is 25.9 Å². The third kappa shape index (κ3) is 2.32. The summed E-state index contributed by atoms with van der Waals surface area (Å²) in [7, 11) is 0. The van der Waals surface area contributed by atoms with Crippen LogP contribution in [0.15, 0.2) is 6.07 Å². The number of likely N-dealkylation sites (tertiary alicyclic amines) is 1. The number of hydrogen-bond acceptors (Lipinski definition) is 3. The van der Waals surface area contributed by atoms with Crippen molar-refractivity contribution in [3.63, 3.8) is 0 Å². The topological polar surface area (TPSA) is 46.1 Å². The van der Waals surface area contributed by atoms with E-state index in [0.717, 1.165) is 25.2 Å². The van der Waals surface area contributed by atoms with Gasteiger partial charge in [0.15, 0.2) is 0 Å². The highest BCUT2D eigenvalue weighted by molar-refractivity contribution is 6.29. The zero-order chi connectivity index (χ0) is 11.7. The van der Waals surface area contributed by atoms with Gasteiger partial charge in [-0.25, -0.2) is 9.97 Å². The Labute approximate surface area is 99.6 Å². The minimum absolute atomic E-state index is 0.124. The van der Waals surface area contributed by atoms with Gasteiger partial charge >= 0.3 is 0 Å². The van der Waals surface area contributed by atoms with Crippen molar-refractivity contribution in [3.8, 4) is 0 Å². The number of hydrogen-bond donors (Lipinski definition) is 0. The molecule has 2 heterocycles. The van der Waals surface area contributed by atoms with Crippen molar-refractivity contribution in [2.75, 3.05) is 13.1 Å². The highest BCUT2D eigenvalue weighted by Gasteiger charge is 2.26. The Morgan fingerprint density at radius 1 is 1.56 bits per heavy atom. The molecule has 86 valence electrons. The number of halogens is 1. The number of aromatic nitrogens is 2. The lowest BCUT2D eigenvalue weighted by molar-refractivity contribution is -0.127. The van der Waals surface area contributed by atoms with Crippen molar-refractivity contribution in [2.45, 2.75) is 26.2 Å². The van der Waals surface area contributed by atoms with Crippen LogP contribution in [0.1, 0.15) is 30.8 Å². The van der Waals surface area contributed by atoms with Gasteiger partial charge < -0.3 is 4.90 Å². The van der Waals surface area contributed by atoms with Gasteiger partial charge in [-0.15, -0.1) is 0 Å². The van der Waals surface area contributed by atoms with Crippen molar-refractivity contribution in [1.29, 1.82) is 0 Å². The van der Waals surface area contributed by atoms with Crippen LogP contribution in [-0.2, 0) is 4.79 Å². The number of carbonyl (C=O) groups is 1. The lowest BCUT2D eigenvalue weighted by Gasteiger charge is -2.13. The molecule has 1 amide bonds. The summed E-state index contributed by atoms with van der Waals surface area (Å²) in [5.74, 6) is 1.10. The SMILES string of the molecule is CC(=O)N1CCC(c2cc(Cl)nc(C)n2)C1. The zero-order valence-corrected chi connectivity index (χ0v) is 10.2. The number of carbonyl (C=O) groups excluding carboxylic acids is 1. The second kappa shape index (κ2) is 4.37. The van der Waals surface area contributed by atoms with Crippen LogP contribution in [0.5, 0.6) is 0 Å². The molecule has 1 aromatic heterocycles. The maximum absolute atomic E-state index is 11.2. The molecule has 1 fully saturated rings. The van der Waals surface area contributed by atoms with Crippen LogP contribution >= 0.6 is 11.6 Å². The summed E-state index contributed by atoms with van der Waals surface area (Å²) < 4.78 is 0. The molecule has 0 saturated carbocycles. The van der Waals surface area contributed by atoms with E-state index in [1.54, 1.807) is 13.0 Å². The minimum Gasteiger partial charge on any atom is -0.342 e. The van der Waals surface area contributed by atoms with Crippen LogP contribution in [0.4, 0.5) is 0 Å². The molecule has 0 radical (unpaired) electrons. The predicted octanol–water partition coefficient (Wildman–Crippen LogP) is 1.77. The summed E-state index contributed by atoms with van der Waals surface area (Å²) >= 11 is 5.90. The Bertz CT molecular complexity index is 401. The summed E-state index contributed by atoms with van der Waals surface area (Å²) in [6, 6.07) is 1.79. The molecule has 2 rings (SSSR count). The summed E-state index contributed by atoms with van der Waals surface area (Å²) in [6.07, 6.45) is 0.951. The van der Waals surface area contributed by atoms with E-state index in [-0.39, 0.29) is 5.91 Å². The largest absolute Gasteiger partial charge is 0.342 e. The van der Waals surface area contributed by atoms with Crippen LogP contribution in [0.25, 0.3) is 0 Å². The second-order valence-electron chi connectivity index (χ2n) is 4.11. The van der Waals surface area contributed by atoms with E-state index in [2.05, 4.69) is 9.97 Å². The number of rotatable bonds is 1. The zero-order valence-electron chi connectivity index (χ0n) is 9.40. The molecule has 1 aliphatic rings. The van der Waals surface area contributed by atoms with Crippen molar-refractivity contribution in [1.82, 2.24) is 14.9 Å². The predicted molar refractivity (Wildman–Crippen MR) is 61.4 cm³/mol. The van der Waals surface area contributed by atoms with E-state index < -0.39 is 0 Å². The van der Waals surface area contributed by atoms with Crippen LogP contribution in [-0.4, -0.2) is 33.9 Å². The van der Waals surface area contributed by atoms with Gasteiger partial charge in [0.1, 0.15) is 11.0 Å². The molecule has 0 bridgehead atoms. The smallest absolute Gasteiger partial charge is 0.219 e. The van der Waals surface area contributed by atoms with E-state index in [9.17, 15) is 4.79 Å². The molecule has 0 aromatic carbocycles. The molecular weight excluding hydrogens is 226 g/mol. The summed E-state index contributed by atoms with van der Waals surface area (Å²) in [5.41, 5.74) is 0.946. The third-order valence-corrected chi connectivity index (χ3v) is 3.07. The van der Waals surface area contributed by atoms with E-state index in [1.165, 1.54) is 0 Å². The van der Waals surface area contributed by atoms with Crippen LogP contribution in [0.2, 0.25) is 5.15 Å². The first-order valence-corrected chi connectivity index (χ1v) is 5.70. The summed E-state index contributed by atoms with van der Waals surface area (Å²) in [4.78, 5) is 21.5. The highest BCUT2D eigenvalue weighted by atomic mass is 35.5. The fourth-order valence-corrected chi connectivity index (χ4v) is 2.28. The molecule has 1 saturated heterocycles. The number of aryl methyl sites for hydroxylation is 1. The molecule has 16 heavy (non-hydrogen) atoms. The standard InChI is InChI=1S/C11H14ClN3O/c1-7-13-10(5-11(12)14-7)9-3-4-15(6-9)8(2)16/h5,9H,3-4,6H2,1-2H3. The first-order valence-electron chi connectivity index (χ1n) is 5.33. The maximum Gasteiger partial charge on any atom is 0.219 e. The number of nitrogens with zero attached hydrogens (tertiary/aromatic N) is 3. The Hall–Kier alpha value is -1.16. The van der Waals surface area contributed by atoms with Gasteiger partial charge in [0.05, 0.1) is 5.69 Å². The first kappa shape index (κ1) is 11.3. The second-order valence-corrected chi connectivity index (χ2v) is 4.50. The Kier molecular flexibility index (Phi) is 3.10. The van der Waals surface area contributed by atoms with Gasteiger partial charge in [-0.05, 0) is 19.4 Å². The normalized spacial score (nSPS) is 20.2. The Morgan fingerprint density at radius 3 is 2.88 bits per heavy atom. The molecular formula is C11H14ClN3O. The van der Waals surface area contributed by atoms with Gasteiger partial charge in [0.25, 0.3) is 0 Å². The molecule has 1 aromatic rings. The van der Waals surface area contributed by atoms with Crippen LogP contribution in [0.3, 0.4) is 0 Å². The molecule has 1 atom stereocenters. The van der Waals surface area contributed by atoms with E-state index in [4.69, 9.17) is 11.6 Å².